The average molecular weight is 408 g/mol. The third-order valence-electron chi connectivity index (χ3n) is 6.28. The number of hydrogen-bond acceptors (Lipinski definition) is 3. The largest absolute Gasteiger partial charge is 0.452 e. The van der Waals surface area contributed by atoms with Crippen molar-refractivity contribution in [1.29, 1.82) is 0 Å². The second kappa shape index (κ2) is 8.35. The predicted molar refractivity (Wildman–Crippen MR) is 123 cm³/mol. The fourth-order valence-electron chi connectivity index (χ4n) is 4.68. The number of ketones is 1. The summed E-state index contributed by atoms with van der Waals surface area (Å²) in [5.74, 6) is -1.05. The Labute approximate surface area is 181 Å². The molecule has 0 radical (unpaired) electrons. The molecule has 1 saturated carbocycles. The van der Waals surface area contributed by atoms with Gasteiger partial charge in [0.2, 0.25) is 0 Å². The summed E-state index contributed by atoms with van der Waals surface area (Å²) in [6.07, 6.45) is 2.21. The molecular formula is C28H24O3. The normalized spacial score (nSPS) is 16.7. The summed E-state index contributed by atoms with van der Waals surface area (Å²) in [5.41, 5.74) is 1.87. The van der Waals surface area contributed by atoms with E-state index in [0.29, 0.717) is 12.8 Å². The molecule has 31 heavy (non-hydrogen) atoms. The highest BCUT2D eigenvalue weighted by Gasteiger charge is 2.33. The molecule has 0 saturated heterocycles. The van der Waals surface area contributed by atoms with Crippen LogP contribution in [0.3, 0.4) is 0 Å². The van der Waals surface area contributed by atoms with Crippen LogP contribution in [0.15, 0.2) is 84.9 Å². The van der Waals surface area contributed by atoms with Crippen LogP contribution < -0.4 is 0 Å². The van der Waals surface area contributed by atoms with E-state index in [1.807, 2.05) is 48.5 Å². The highest BCUT2D eigenvalue weighted by atomic mass is 16.5. The molecule has 3 nitrogen and oxygen atoms in total. The number of rotatable bonds is 4. The maximum absolute atomic E-state index is 13.2. The van der Waals surface area contributed by atoms with Gasteiger partial charge in [-0.05, 0) is 34.4 Å². The second-order valence-corrected chi connectivity index (χ2v) is 8.22. The molecule has 1 aliphatic rings. The molecule has 0 N–H and O–H groups in total. The minimum Gasteiger partial charge on any atom is -0.452 e. The van der Waals surface area contributed by atoms with Crippen LogP contribution in [0, 0.1) is 5.92 Å². The Hall–Kier alpha value is -3.46. The van der Waals surface area contributed by atoms with Crippen molar-refractivity contribution >= 4 is 33.3 Å². The van der Waals surface area contributed by atoms with Gasteiger partial charge in [-0.1, -0.05) is 91.3 Å². The summed E-state index contributed by atoms with van der Waals surface area (Å²) in [4.78, 5) is 25.6. The molecular weight excluding hydrogens is 384 g/mol. The number of Topliss-reactive ketones (excluding diaryl/α,β-unsaturated/α-hetero) is 1. The third-order valence-corrected chi connectivity index (χ3v) is 6.28. The van der Waals surface area contributed by atoms with Crippen molar-refractivity contribution in [3.63, 3.8) is 0 Å². The Bertz CT molecular complexity index is 1180. The summed E-state index contributed by atoms with van der Waals surface area (Å²) < 4.78 is 6.19. The Kier molecular flexibility index (Phi) is 5.25. The van der Waals surface area contributed by atoms with E-state index < -0.39 is 18.0 Å². The molecule has 0 bridgehead atoms. The topological polar surface area (TPSA) is 43.4 Å². The van der Waals surface area contributed by atoms with Gasteiger partial charge in [0.15, 0.2) is 6.10 Å². The molecule has 4 aromatic carbocycles. The third kappa shape index (κ3) is 3.72. The van der Waals surface area contributed by atoms with E-state index in [-0.39, 0.29) is 5.78 Å². The van der Waals surface area contributed by atoms with Crippen molar-refractivity contribution < 1.29 is 14.3 Å². The average Bonchev–Trinajstić information content (AvgIpc) is 2.82. The molecule has 1 atom stereocenters. The van der Waals surface area contributed by atoms with Crippen LogP contribution in [-0.4, -0.2) is 11.8 Å². The number of esters is 1. The van der Waals surface area contributed by atoms with Gasteiger partial charge in [-0.2, -0.15) is 0 Å². The maximum Gasteiger partial charge on any atom is 0.317 e. The van der Waals surface area contributed by atoms with Crippen LogP contribution in [-0.2, 0) is 14.3 Å². The number of carbonyl (C=O) groups is 2. The Morgan fingerprint density at radius 3 is 1.87 bits per heavy atom. The predicted octanol–water partition coefficient (Wildman–Crippen LogP) is 6.38. The molecule has 0 spiro atoms. The van der Waals surface area contributed by atoms with E-state index in [4.69, 9.17) is 4.74 Å². The van der Waals surface area contributed by atoms with Crippen molar-refractivity contribution in [2.24, 2.45) is 5.92 Å². The first-order valence-corrected chi connectivity index (χ1v) is 10.9. The smallest absolute Gasteiger partial charge is 0.317 e. The minimum atomic E-state index is -0.652. The van der Waals surface area contributed by atoms with E-state index in [1.54, 1.807) is 0 Å². The first-order valence-electron chi connectivity index (χ1n) is 10.9. The highest BCUT2D eigenvalue weighted by molar-refractivity contribution is 6.00. The molecule has 1 aliphatic carbocycles. The van der Waals surface area contributed by atoms with Gasteiger partial charge in [-0.15, -0.1) is 0 Å². The summed E-state index contributed by atoms with van der Waals surface area (Å²) in [7, 11) is 0. The Morgan fingerprint density at radius 1 is 0.742 bits per heavy atom. The van der Waals surface area contributed by atoms with Gasteiger partial charge < -0.3 is 4.74 Å². The monoisotopic (exact) mass is 408 g/mol. The SMILES string of the molecule is O=C1CCCCC1C(=O)OC(c1cccc2ccccc12)c1cccc2ccccc12. The molecule has 1 unspecified atom stereocenters. The molecule has 5 rings (SSSR count). The lowest BCUT2D eigenvalue weighted by atomic mass is 9.87. The van der Waals surface area contributed by atoms with Gasteiger partial charge in [0.25, 0.3) is 0 Å². The summed E-state index contributed by atoms with van der Waals surface area (Å²) >= 11 is 0. The van der Waals surface area contributed by atoms with Gasteiger partial charge in [-0.3, -0.25) is 9.59 Å². The lowest BCUT2D eigenvalue weighted by Crippen LogP contribution is -2.30. The maximum atomic E-state index is 13.2. The summed E-state index contributed by atoms with van der Waals surface area (Å²) in [6.45, 7) is 0. The van der Waals surface area contributed by atoms with E-state index in [9.17, 15) is 9.59 Å². The number of benzene rings is 4. The van der Waals surface area contributed by atoms with Crippen LogP contribution in [0.25, 0.3) is 21.5 Å². The van der Waals surface area contributed by atoms with Crippen molar-refractivity contribution in [2.75, 3.05) is 0 Å². The van der Waals surface area contributed by atoms with Crippen molar-refractivity contribution in [2.45, 2.75) is 31.8 Å². The quantitative estimate of drug-likeness (QED) is 0.290. The fourth-order valence-corrected chi connectivity index (χ4v) is 4.68. The lowest BCUT2D eigenvalue weighted by molar-refractivity contribution is -0.156. The zero-order valence-corrected chi connectivity index (χ0v) is 17.3. The summed E-state index contributed by atoms with van der Waals surface area (Å²) in [5, 5.41) is 4.28. The minimum absolute atomic E-state index is 0.00541. The number of fused-ring (bicyclic) bond motifs is 2. The van der Waals surface area contributed by atoms with E-state index >= 15 is 0 Å². The summed E-state index contributed by atoms with van der Waals surface area (Å²) in [6, 6.07) is 28.4. The van der Waals surface area contributed by atoms with Crippen molar-refractivity contribution in [3.05, 3.63) is 96.1 Å². The number of hydrogen-bond donors (Lipinski definition) is 0. The zero-order valence-electron chi connectivity index (χ0n) is 17.3. The van der Waals surface area contributed by atoms with E-state index in [2.05, 4.69) is 36.4 Å². The van der Waals surface area contributed by atoms with Gasteiger partial charge in [-0.25, -0.2) is 0 Å². The van der Waals surface area contributed by atoms with Gasteiger partial charge >= 0.3 is 5.97 Å². The van der Waals surface area contributed by atoms with Crippen molar-refractivity contribution in [3.8, 4) is 0 Å². The Morgan fingerprint density at radius 2 is 1.29 bits per heavy atom. The fraction of sp³-hybridized carbons (Fsp3) is 0.214. The highest BCUT2D eigenvalue weighted by Crippen LogP contribution is 2.37. The van der Waals surface area contributed by atoms with Gasteiger partial charge in [0, 0.05) is 17.5 Å². The molecule has 4 aromatic rings. The van der Waals surface area contributed by atoms with Gasteiger partial charge in [0.1, 0.15) is 11.7 Å². The molecule has 0 aliphatic heterocycles. The zero-order chi connectivity index (χ0) is 21.2. The standard InChI is InChI=1S/C28H24O3/c29-26-18-6-5-15-25(26)28(30)31-27(23-16-7-11-19-9-1-3-13-21(19)23)24-17-8-12-20-10-2-4-14-22(20)24/h1-4,7-14,16-17,25,27H,5-6,15,18H2. The van der Waals surface area contributed by atoms with Crippen LogP contribution in [0.1, 0.15) is 42.9 Å². The lowest BCUT2D eigenvalue weighted by Gasteiger charge is -2.25. The van der Waals surface area contributed by atoms with E-state index in [0.717, 1.165) is 45.5 Å². The molecule has 1 fully saturated rings. The van der Waals surface area contributed by atoms with Gasteiger partial charge in [0.05, 0.1) is 0 Å². The van der Waals surface area contributed by atoms with Crippen molar-refractivity contribution in [1.82, 2.24) is 0 Å². The first-order chi connectivity index (χ1) is 15.2. The second-order valence-electron chi connectivity index (χ2n) is 8.22. The van der Waals surface area contributed by atoms with E-state index in [1.165, 1.54) is 0 Å². The Balaban J connectivity index is 1.65. The molecule has 0 amide bonds. The van der Waals surface area contributed by atoms with Crippen LogP contribution in [0.5, 0.6) is 0 Å². The first kappa shape index (κ1) is 19.5. The molecule has 0 heterocycles. The number of ether oxygens (including phenoxy) is 1. The molecule has 3 heteroatoms. The molecule has 154 valence electrons. The number of carbonyl (C=O) groups excluding carboxylic acids is 2. The van der Waals surface area contributed by atoms with Crippen LogP contribution >= 0.6 is 0 Å². The van der Waals surface area contributed by atoms with Crippen LogP contribution in [0.2, 0.25) is 0 Å². The molecule has 0 aromatic heterocycles. The van der Waals surface area contributed by atoms with Crippen LogP contribution in [0.4, 0.5) is 0 Å².